The average Bonchev–Trinajstić information content (AvgIpc) is 2.80. The molecule has 102 valence electrons. The van der Waals surface area contributed by atoms with Gasteiger partial charge in [0.05, 0.1) is 11.8 Å². The lowest BCUT2D eigenvalue weighted by Gasteiger charge is -2.08. The minimum Gasteiger partial charge on any atom is -0.356 e. The summed E-state index contributed by atoms with van der Waals surface area (Å²) in [4.78, 5) is 11.8. The lowest BCUT2D eigenvalue weighted by molar-refractivity contribution is -0.120. The molecule has 4 nitrogen and oxygen atoms in total. The highest BCUT2D eigenvalue weighted by Gasteiger charge is 2.12. The van der Waals surface area contributed by atoms with Gasteiger partial charge >= 0.3 is 0 Å². The van der Waals surface area contributed by atoms with Crippen molar-refractivity contribution in [1.29, 1.82) is 0 Å². The first-order chi connectivity index (χ1) is 9.20. The summed E-state index contributed by atoms with van der Waals surface area (Å²) >= 11 is 6.05. The van der Waals surface area contributed by atoms with Crippen molar-refractivity contribution in [3.8, 4) is 0 Å². The van der Waals surface area contributed by atoms with Crippen LogP contribution in [0.1, 0.15) is 25.5 Å². The third-order valence-electron chi connectivity index (χ3n) is 2.90. The smallest absolute Gasteiger partial charge is 0.226 e. The number of hydrogen-bond acceptors (Lipinski definition) is 3. The molecule has 1 amide bonds. The van der Waals surface area contributed by atoms with Crippen LogP contribution in [0, 0.1) is 0 Å². The first-order valence-corrected chi connectivity index (χ1v) is 6.88. The molecule has 0 aliphatic carbocycles. The fourth-order valence-electron chi connectivity index (χ4n) is 1.92. The lowest BCUT2D eigenvalue weighted by Crippen LogP contribution is -2.31. The molecule has 0 saturated carbocycles. The predicted molar refractivity (Wildman–Crippen MR) is 75.3 cm³/mol. The quantitative estimate of drug-likeness (QED) is 0.828. The molecule has 0 spiro atoms. The second-order valence-electron chi connectivity index (χ2n) is 4.49. The Kier molecular flexibility index (Phi) is 4.80. The number of halogens is 1. The van der Waals surface area contributed by atoms with Crippen LogP contribution in [0.4, 0.5) is 0 Å². The van der Waals surface area contributed by atoms with E-state index in [2.05, 4.69) is 17.4 Å². The number of hydrogen-bond donors (Lipinski definition) is 1. The second kappa shape index (κ2) is 6.57. The molecule has 0 saturated heterocycles. The van der Waals surface area contributed by atoms with E-state index in [1.54, 1.807) is 0 Å². The van der Waals surface area contributed by atoms with Crippen molar-refractivity contribution < 1.29 is 9.32 Å². The summed E-state index contributed by atoms with van der Waals surface area (Å²) in [5.74, 6) is -0.0826. The van der Waals surface area contributed by atoms with Gasteiger partial charge in [0.1, 0.15) is 5.69 Å². The van der Waals surface area contributed by atoms with Gasteiger partial charge in [-0.2, -0.15) is 0 Å². The third-order valence-corrected chi connectivity index (χ3v) is 3.28. The number of carbonyl (C=O) groups excluding carboxylic acids is 1. The van der Waals surface area contributed by atoms with E-state index in [9.17, 15) is 4.79 Å². The summed E-state index contributed by atoms with van der Waals surface area (Å²) < 4.78 is 5.16. The maximum Gasteiger partial charge on any atom is 0.226 e. The van der Waals surface area contributed by atoms with Crippen LogP contribution in [0.3, 0.4) is 0 Å². The Morgan fingerprint density at radius 3 is 3.05 bits per heavy atom. The summed E-state index contributed by atoms with van der Waals surface area (Å²) in [5, 5.41) is 7.62. The van der Waals surface area contributed by atoms with Gasteiger partial charge in [-0.1, -0.05) is 30.6 Å². The molecule has 0 bridgehead atoms. The number of alkyl halides is 1. The maximum atomic E-state index is 11.8. The Bertz CT molecular complexity index is 553. The second-order valence-corrected chi connectivity index (χ2v) is 5.11. The minimum absolute atomic E-state index is 0.0111. The SMILES string of the molecule is CCCC(Cl)CNC(=O)Cc1noc2ccccc12. The molecule has 5 heteroatoms. The normalized spacial score (nSPS) is 12.5. The first kappa shape index (κ1) is 13.9. The topological polar surface area (TPSA) is 55.1 Å². The van der Waals surface area contributed by atoms with E-state index in [0.29, 0.717) is 17.8 Å². The zero-order valence-corrected chi connectivity index (χ0v) is 11.6. The van der Waals surface area contributed by atoms with Gasteiger partial charge in [0, 0.05) is 11.9 Å². The number of amides is 1. The van der Waals surface area contributed by atoms with Crippen molar-refractivity contribution in [3.05, 3.63) is 30.0 Å². The van der Waals surface area contributed by atoms with E-state index < -0.39 is 0 Å². The fraction of sp³-hybridized carbons (Fsp3) is 0.429. The number of carbonyl (C=O) groups is 1. The van der Waals surface area contributed by atoms with Gasteiger partial charge in [0.25, 0.3) is 0 Å². The predicted octanol–water partition coefficient (Wildman–Crippen LogP) is 2.89. The molecule has 0 fully saturated rings. The zero-order valence-electron chi connectivity index (χ0n) is 10.9. The van der Waals surface area contributed by atoms with Gasteiger partial charge in [-0.05, 0) is 18.6 Å². The highest BCUT2D eigenvalue weighted by atomic mass is 35.5. The molecular formula is C14H17ClN2O2. The highest BCUT2D eigenvalue weighted by molar-refractivity contribution is 6.20. The van der Waals surface area contributed by atoms with Crippen LogP contribution >= 0.6 is 11.6 Å². The van der Waals surface area contributed by atoms with Crippen LogP contribution in [0.15, 0.2) is 28.8 Å². The average molecular weight is 281 g/mol. The highest BCUT2D eigenvalue weighted by Crippen LogP contribution is 2.17. The summed E-state index contributed by atoms with van der Waals surface area (Å²) in [6.07, 6.45) is 2.12. The van der Waals surface area contributed by atoms with Crippen LogP contribution < -0.4 is 5.32 Å². The van der Waals surface area contributed by atoms with Crippen molar-refractivity contribution in [2.24, 2.45) is 0 Å². The van der Waals surface area contributed by atoms with E-state index in [0.717, 1.165) is 18.2 Å². The molecule has 1 aromatic carbocycles. The Hall–Kier alpha value is -1.55. The van der Waals surface area contributed by atoms with Gasteiger partial charge < -0.3 is 9.84 Å². The van der Waals surface area contributed by atoms with Crippen molar-refractivity contribution in [2.75, 3.05) is 6.54 Å². The molecule has 1 N–H and O–H groups in total. The molecule has 2 aromatic rings. The van der Waals surface area contributed by atoms with Crippen LogP contribution in [0.5, 0.6) is 0 Å². The van der Waals surface area contributed by atoms with Crippen LogP contribution in [-0.4, -0.2) is 23.0 Å². The zero-order chi connectivity index (χ0) is 13.7. The largest absolute Gasteiger partial charge is 0.356 e. The standard InChI is InChI=1S/C14H17ClN2O2/c1-2-5-10(15)9-16-14(18)8-12-11-6-3-4-7-13(11)19-17-12/h3-4,6-7,10H,2,5,8-9H2,1H3,(H,16,18). The van der Waals surface area contributed by atoms with E-state index >= 15 is 0 Å². The molecule has 0 aliphatic heterocycles. The molecule has 1 aromatic heterocycles. The molecule has 0 aliphatic rings. The lowest BCUT2D eigenvalue weighted by atomic mass is 10.1. The molecule has 19 heavy (non-hydrogen) atoms. The fourth-order valence-corrected chi connectivity index (χ4v) is 2.22. The summed E-state index contributed by atoms with van der Waals surface area (Å²) in [6, 6.07) is 7.51. The number of nitrogens with zero attached hydrogens (tertiary/aromatic N) is 1. The Morgan fingerprint density at radius 2 is 2.26 bits per heavy atom. The molecule has 2 rings (SSSR count). The van der Waals surface area contributed by atoms with Gasteiger partial charge in [-0.25, -0.2) is 0 Å². The van der Waals surface area contributed by atoms with Gasteiger partial charge in [-0.15, -0.1) is 11.6 Å². The summed E-state index contributed by atoms with van der Waals surface area (Å²) in [5.41, 5.74) is 1.36. The Labute approximate surface area is 117 Å². The third kappa shape index (κ3) is 3.70. The Balaban J connectivity index is 1.92. The van der Waals surface area contributed by atoms with Gasteiger partial charge in [0.15, 0.2) is 5.58 Å². The summed E-state index contributed by atoms with van der Waals surface area (Å²) in [6.45, 7) is 2.56. The van der Waals surface area contributed by atoms with Gasteiger partial charge in [0.2, 0.25) is 5.91 Å². The molecule has 1 heterocycles. The first-order valence-electron chi connectivity index (χ1n) is 6.44. The number of aromatic nitrogens is 1. The van der Waals surface area contributed by atoms with Crippen LogP contribution in [0.2, 0.25) is 0 Å². The molecule has 0 radical (unpaired) electrons. The van der Waals surface area contributed by atoms with E-state index in [4.69, 9.17) is 16.1 Å². The van der Waals surface area contributed by atoms with Crippen molar-refractivity contribution in [2.45, 2.75) is 31.6 Å². The van der Waals surface area contributed by atoms with Crippen molar-refractivity contribution in [1.82, 2.24) is 10.5 Å². The van der Waals surface area contributed by atoms with E-state index in [1.807, 2.05) is 24.3 Å². The van der Waals surface area contributed by atoms with E-state index in [1.165, 1.54) is 0 Å². The molecule has 1 atom stereocenters. The van der Waals surface area contributed by atoms with Crippen molar-refractivity contribution in [3.63, 3.8) is 0 Å². The van der Waals surface area contributed by atoms with Crippen molar-refractivity contribution >= 4 is 28.5 Å². The van der Waals surface area contributed by atoms with E-state index in [-0.39, 0.29) is 17.7 Å². The molecular weight excluding hydrogens is 264 g/mol. The number of nitrogens with one attached hydrogen (secondary N) is 1. The summed E-state index contributed by atoms with van der Waals surface area (Å²) in [7, 11) is 0. The number of fused-ring (bicyclic) bond motifs is 1. The number of rotatable bonds is 6. The number of para-hydroxylation sites is 1. The monoisotopic (exact) mass is 280 g/mol. The molecule has 1 unspecified atom stereocenters. The minimum atomic E-state index is -0.0826. The van der Waals surface area contributed by atoms with Crippen LogP contribution in [-0.2, 0) is 11.2 Å². The van der Waals surface area contributed by atoms with Crippen LogP contribution in [0.25, 0.3) is 11.0 Å². The maximum absolute atomic E-state index is 11.8. The van der Waals surface area contributed by atoms with Gasteiger partial charge in [-0.3, -0.25) is 4.79 Å². The Morgan fingerprint density at radius 1 is 1.47 bits per heavy atom. The number of benzene rings is 1.